The fraction of sp³-hybridized carbons (Fsp3) is 0.818. The Morgan fingerprint density at radius 1 is 1.56 bits per heavy atom. The molecule has 0 aliphatic heterocycles. The van der Waals surface area contributed by atoms with Gasteiger partial charge < -0.3 is 5.32 Å². The molecular weight excluding hydrogens is 224 g/mol. The molecule has 0 saturated heterocycles. The van der Waals surface area contributed by atoms with Crippen LogP contribution >= 0.6 is 11.6 Å². The molecule has 90 valence electrons. The van der Waals surface area contributed by atoms with Gasteiger partial charge in [-0.15, -0.1) is 11.6 Å². The van der Waals surface area contributed by atoms with E-state index in [-0.39, 0.29) is 0 Å². The highest BCUT2D eigenvalue weighted by Gasteiger charge is 2.41. The van der Waals surface area contributed by atoms with E-state index in [4.69, 9.17) is 11.6 Å². The molecule has 0 aromatic carbocycles. The van der Waals surface area contributed by atoms with Gasteiger partial charge >= 0.3 is 0 Å². The number of rotatable bonds is 6. The summed E-state index contributed by atoms with van der Waals surface area (Å²) in [4.78, 5) is 4.26. The van der Waals surface area contributed by atoms with Crippen molar-refractivity contribution in [2.45, 2.75) is 39.3 Å². The quantitative estimate of drug-likeness (QED) is 0.776. The highest BCUT2D eigenvalue weighted by Crippen LogP contribution is 2.45. The average molecular weight is 243 g/mol. The van der Waals surface area contributed by atoms with Crippen LogP contribution < -0.4 is 5.32 Å². The number of halogens is 1. The summed E-state index contributed by atoms with van der Waals surface area (Å²) < 4.78 is 1.95. The van der Waals surface area contributed by atoms with Crippen LogP contribution in [0.15, 0.2) is 6.33 Å². The predicted molar refractivity (Wildman–Crippen MR) is 64.5 cm³/mol. The van der Waals surface area contributed by atoms with Crippen LogP contribution in [0.1, 0.15) is 38.6 Å². The Bertz CT molecular complexity index is 344. The van der Waals surface area contributed by atoms with Crippen molar-refractivity contribution in [2.24, 2.45) is 5.41 Å². The molecule has 0 atom stereocenters. The third kappa shape index (κ3) is 2.55. The van der Waals surface area contributed by atoms with Crippen LogP contribution in [0.3, 0.4) is 0 Å². The Kier molecular flexibility index (Phi) is 3.50. The van der Waals surface area contributed by atoms with Crippen molar-refractivity contribution >= 4 is 11.6 Å². The third-order valence-electron chi connectivity index (χ3n) is 3.16. The van der Waals surface area contributed by atoms with Crippen molar-refractivity contribution in [3.05, 3.63) is 12.2 Å². The molecule has 1 fully saturated rings. The van der Waals surface area contributed by atoms with Crippen molar-refractivity contribution in [1.29, 1.82) is 0 Å². The van der Waals surface area contributed by atoms with Gasteiger partial charge in [0.2, 0.25) is 0 Å². The Morgan fingerprint density at radius 3 is 2.88 bits per heavy atom. The summed E-state index contributed by atoms with van der Waals surface area (Å²) in [7, 11) is 0. The molecule has 16 heavy (non-hydrogen) atoms. The lowest BCUT2D eigenvalue weighted by atomic mass is 10.1. The Hall–Kier alpha value is -0.610. The first kappa shape index (κ1) is 11.9. The first-order chi connectivity index (χ1) is 7.67. The fourth-order valence-electron chi connectivity index (χ4n) is 1.81. The molecule has 2 rings (SSSR count). The summed E-state index contributed by atoms with van der Waals surface area (Å²) in [6.45, 7) is 5.98. The minimum absolute atomic E-state index is 0.363. The van der Waals surface area contributed by atoms with E-state index < -0.39 is 0 Å². The maximum atomic E-state index is 5.92. The summed E-state index contributed by atoms with van der Waals surface area (Å²) in [5.41, 5.74) is 0.365. The van der Waals surface area contributed by atoms with Gasteiger partial charge in [-0.25, -0.2) is 9.67 Å². The normalized spacial score (nSPS) is 18.0. The molecule has 0 bridgehead atoms. The monoisotopic (exact) mass is 242 g/mol. The third-order valence-corrected chi connectivity index (χ3v) is 3.73. The number of nitrogens with zero attached hydrogens (tertiary/aromatic N) is 3. The van der Waals surface area contributed by atoms with Gasteiger partial charge in [-0.1, -0.05) is 0 Å². The lowest BCUT2D eigenvalue weighted by Crippen LogP contribution is -2.26. The predicted octanol–water partition coefficient (Wildman–Crippen LogP) is 1.97. The van der Waals surface area contributed by atoms with Gasteiger partial charge in [-0.3, -0.25) is 0 Å². The molecular formula is C11H19ClN4. The zero-order chi connectivity index (χ0) is 11.6. The van der Waals surface area contributed by atoms with Gasteiger partial charge in [0.1, 0.15) is 12.2 Å². The smallest absolute Gasteiger partial charge is 0.141 e. The molecule has 0 unspecified atom stereocenters. The average Bonchev–Trinajstić information content (AvgIpc) is 2.88. The lowest BCUT2D eigenvalue weighted by molar-refractivity contribution is 0.460. The number of aromatic nitrogens is 3. The van der Waals surface area contributed by atoms with E-state index in [0.29, 0.717) is 11.5 Å². The molecule has 1 saturated carbocycles. The molecule has 5 heteroatoms. The van der Waals surface area contributed by atoms with E-state index >= 15 is 0 Å². The number of nitrogens with one attached hydrogen (secondary N) is 1. The summed E-state index contributed by atoms with van der Waals surface area (Å²) in [6.07, 6.45) is 4.12. The minimum Gasteiger partial charge on any atom is -0.309 e. The van der Waals surface area contributed by atoms with Crippen LogP contribution in [0.25, 0.3) is 0 Å². The van der Waals surface area contributed by atoms with Crippen LogP contribution in [0.2, 0.25) is 0 Å². The maximum absolute atomic E-state index is 5.92. The summed E-state index contributed by atoms with van der Waals surface area (Å²) >= 11 is 5.92. The standard InChI is InChI=1S/C11H19ClN4/c1-9(2)16-10(14-8-15-16)5-13-7-11(6-12)3-4-11/h8-9,13H,3-7H2,1-2H3. The summed E-state index contributed by atoms with van der Waals surface area (Å²) in [6, 6.07) is 0.363. The summed E-state index contributed by atoms with van der Waals surface area (Å²) in [5.74, 6) is 1.76. The SMILES string of the molecule is CC(C)n1ncnc1CNCC1(CCl)CC1. The fourth-order valence-corrected chi connectivity index (χ4v) is 2.17. The van der Waals surface area contributed by atoms with Crippen LogP contribution in [-0.4, -0.2) is 27.2 Å². The summed E-state index contributed by atoms with van der Waals surface area (Å²) in [5, 5.41) is 7.64. The van der Waals surface area contributed by atoms with Gasteiger partial charge in [0, 0.05) is 18.5 Å². The molecule has 0 amide bonds. The van der Waals surface area contributed by atoms with Crippen molar-refractivity contribution in [1.82, 2.24) is 20.1 Å². The second kappa shape index (κ2) is 4.72. The van der Waals surface area contributed by atoms with Gasteiger partial charge in [-0.2, -0.15) is 5.10 Å². The van der Waals surface area contributed by atoms with E-state index in [2.05, 4.69) is 29.2 Å². The molecule has 1 heterocycles. The van der Waals surface area contributed by atoms with Gasteiger partial charge in [0.25, 0.3) is 0 Å². The Balaban J connectivity index is 1.83. The molecule has 4 nitrogen and oxygen atoms in total. The Labute approximate surface area is 101 Å². The highest BCUT2D eigenvalue weighted by atomic mass is 35.5. The van der Waals surface area contributed by atoms with E-state index in [9.17, 15) is 0 Å². The van der Waals surface area contributed by atoms with E-state index in [1.807, 2.05) is 4.68 Å². The number of hydrogen-bond donors (Lipinski definition) is 1. The lowest BCUT2D eigenvalue weighted by Gasteiger charge is -2.13. The zero-order valence-electron chi connectivity index (χ0n) is 9.91. The second-order valence-corrected chi connectivity index (χ2v) is 5.22. The van der Waals surface area contributed by atoms with E-state index in [1.165, 1.54) is 12.8 Å². The van der Waals surface area contributed by atoms with Crippen molar-refractivity contribution in [3.63, 3.8) is 0 Å². The first-order valence-electron chi connectivity index (χ1n) is 5.82. The molecule has 1 aliphatic carbocycles. The van der Waals surface area contributed by atoms with Crippen LogP contribution in [0, 0.1) is 5.41 Å². The topological polar surface area (TPSA) is 42.7 Å². The molecule has 0 spiro atoms. The molecule has 1 N–H and O–H groups in total. The number of hydrogen-bond acceptors (Lipinski definition) is 3. The van der Waals surface area contributed by atoms with Crippen molar-refractivity contribution in [3.8, 4) is 0 Å². The molecule has 0 radical (unpaired) electrons. The second-order valence-electron chi connectivity index (χ2n) is 4.95. The Morgan fingerprint density at radius 2 is 2.31 bits per heavy atom. The van der Waals surface area contributed by atoms with Crippen LogP contribution in [0.5, 0.6) is 0 Å². The van der Waals surface area contributed by atoms with Gasteiger partial charge in [0.15, 0.2) is 0 Å². The van der Waals surface area contributed by atoms with Crippen LogP contribution in [-0.2, 0) is 6.54 Å². The van der Waals surface area contributed by atoms with E-state index in [1.54, 1.807) is 6.33 Å². The van der Waals surface area contributed by atoms with Crippen molar-refractivity contribution in [2.75, 3.05) is 12.4 Å². The molecule has 1 aromatic rings. The molecule has 1 aromatic heterocycles. The zero-order valence-corrected chi connectivity index (χ0v) is 10.7. The van der Waals surface area contributed by atoms with Crippen LogP contribution in [0.4, 0.5) is 0 Å². The highest BCUT2D eigenvalue weighted by molar-refractivity contribution is 6.18. The maximum Gasteiger partial charge on any atom is 0.141 e. The first-order valence-corrected chi connectivity index (χ1v) is 6.35. The number of alkyl halides is 1. The van der Waals surface area contributed by atoms with Gasteiger partial charge in [-0.05, 0) is 32.1 Å². The van der Waals surface area contributed by atoms with Crippen molar-refractivity contribution < 1.29 is 0 Å². The van der Waals surface area contributed by atoms with E-state index in [0.717, 1.165) is 24.8 Å². The minimum atomic E-state index is 0.363. The molecule has 1 aliphatic rings. The largest absolute Gasteiger partial charge is 0.309 e. The van der Waals surface area contributed by atoms with Gasteiger partial charge in [0.05, 0.1) is 6.54 Å².